The van der Waals surface area contributed by atoms with Crippen molar-refractivity contribution in [1.29, 1.82) is 0 Å². The van der Waals surface area contributed by atoms with Gasteiger partial charge in [-0.2, -0.15) is 4.68 Å². The van der Waals surface area contributed by atoms with Gasteiger partial charge in [-0.15, -0.1) is 5.10 Å². The van der Waals surface area contributed by atoms with Gasteiger partial charge < -0.3 is 4.90 Å². The van der Waals surface area contributed by atoms with E-state index in [4.69, 9.17) is 5.14 Å². The van der Waals surface area contributed by atoms with E-state index < -0.39 is 10.0 Å². The highest BCUT2D eigenvalue weighted by Crippen LogP contribution is 2.29. The van der Waals surface area contributed by atoms with Crippen LogP contribution in [0.25, 0.3) is 16.5 Å². The molecule has 0 bridgehead atoms. The molecule has 9 heteroatoms. The number of fused-ring (bicyclic) bond motifs is 1. The number of nitrogens with two attached hydrogens (primary N) is 1. The van der Waals surface area contributed by atoms with E-state index >= 15 is 0 Å². The molecule has 29 heavy (non-hydrogen) atoms. The van der Waals surface area contributed by atoms with Gasteiger partial charge in [0, 0.05) is 18.5 Å². The molecule has 1 fully saturated rings. The van der Waals surface area contributed by atoms with E-state index in [1.165, 1.54) is 28.9 Å². The first-order valence-electron chi connectivity index (χ1n) is 9.35. The standard InChI is InChI=1S/C20H21FN4O3S/c21-15-5-7-16(8-6-15)25-20(26)18-4-2-1-3-17(18)19(23-25)24-11-9-14(13-24)10-12-29(22,27)28/h1-8,14H,9-13H2,(H2,22,27,28). The van der Waals surface area contributed by atoms with Crippen LogP contribution in [0.2, 0.25) is 0 Å². The largest absolute Gasteiger partial charge is 0.354 e. The second-order valence-electron chi connectivity index (χ2n) is 7.32. The first kappa shape index (κ1) is 19.5. The molecule has 2 N–H and O–H groups in total. The maximum Gasteiger partial charge on any atom is 0.279 e. The number of rotatable bonds is 5. The fourth-order valence-corrected chi connectivity index (χ4v) is 4.42. The maximum atomic E-state index is 13.3. The molecule has 2 heterocycles. The van der Waals surface area contributed by atoms with Gasteiger partial charge in [-0.25, -0.2) is 17.9 Å². The third kappa shape index (κ3) is 4.15. The van der Waals surface area contributed by atoms with Crippen molar-refractivity contribution in [3.63, 3.8) is 0 Å². The zero-order valence-corrected chi connectivity index (χ0v) is 16.5. The van der Waals surface area contributed by atoms with Gasteiger partial charge in [0.1, 0.15) is 5.82 Å². The van der Waals surface area contributed by atoms with Crippen LogP contribution in [-0.4, -0.2) is 37.0 Å². The summed E-state index contributed by atoms with van der Waals surface area (Å²) < 4.78 is 37.1. The van der Waals surface area contributed by atoms with Gasteiger partial charge in [-0.3, -0.25) is 4.79 Å². The van der Waals surface area contributed by atoms with E-state index in [-0.39, 0.29) is 23.0 Å². The molecule has 0 amide bonds. The summed E-state index contributed by atoms with van der Waals surface area (Å²) >= 11 is 0. The van der Waals surface area contributed by atoms with Crippen molar-refractivity contribution in [3.8, 4) is 5.69 Å². The van der Waals surface area contributed by atoms with Crippen molar-refractivity contribution in [3.05, 3.63) is 64.7 Å². The molecular formula is C20H21FN4O3S. The normalized spacial score (nSPS) is 17.2. The first-order valence-corrected chi connectivity index (χ1v) is 11.1. The molecule has 1 unspecified atom stereocenters. The van der Waals surface area contributed by atoms with Crippen LogP contribution in [0.15, 0.2) is 53.3 Å². The van der Waals surface area contributed by atoms with Gasteiger partial charge in [0.05, 0.1) is 16.8 Å². The van der Waals surface area contributed by atoms with E-state index in [0.717, 1.165) is 11.8 Å². The van der Waals surface area contributed by atoms with Crippen LogP contribution in [0.3, 0.4) is 0 Å². The second kappa shape index (κ2) is 7.57. The Morgan fingerprint density at radius 2 is 1.79 bits per heavy atom. The summed E-state index contributed by atoms with van der Waals surface area (Å²) in [5.74, 6) is 0.400. The third-order valence-corrected chi connectivity index (χ3v) is 6.06. The zero-order chi connectivity index (χ0) is 20.6. The highest BCUT2D eigenvalue weighted by atomic mass is 32.2. The van der Waals surface area contributed by atoms with Crippen LogP contribution in [0.1, 0.15) is 12.8 Å². The lowest BCUT2D eigenvalue weighted by molar-refractivity contribution is 0.549. The monoisotopic (exact) mass is 416 g/mol. The summed E-state index contributed by atoms with van der Waals surface area (Å²) in [6.45, 7) is 1.34. The number of anilines is 1. The summed E-state index contributed by atoms with van der Waals surface area (Å²) in [4.78, 5) is 15.0. The van der Waals surface area contributed by atoms with Gasteiger partial charge >= 0.3 is 0 Å². The molecule has 4 rings (SSSR count). The number of benzene rings is 2. The van der Waals surface area contributed by atoms with Crippen LogP contribution in [0, 0.1) is 11.7 Å². The lowest BCUT2D eigenvalue weighted by Crippen LogP contribution is -2.28. The van der Waals surface area contributed by atoms with Crippen LogP contribution >= 0.6 is 0 Å². The van der Waals surface area contributed by atoms with Gasteiger partial charge in [-0.1, -0.05) is 18.2 Å². The molecule has 0 saturated carbocycles. The molecule has 1 atom stereocenters. The Hall–Kier alpha value is -2.78. The number of hydrogen-bond donors (Lipinski definition) is 1. The highest BCUT2D eigenvalue weighted by Gasteiger charge is 2.27. The van der Waals surface area contributed by atoms with Crippen molar-refractivity contribution in [1.82, 2.24) is 9.78 Å². The second-order valence-corrected chi connectivity index (χ2v) is 9.05. The minimum absolute atomic E-state index is 0.0469. The Labute approximate surface area is 167 Å². The summed E-state index contributed by atoms with van der Waals surface area (Å²) in [6.07, 6.45) is 1.31. The Balaban J connectivity index is 1.73. The number of hydrogen-bond acceptors (Lipinski definition) is 5. The molecular weight excluding hydrogens is 395 g/mol. The molecule has 152 valence electrons. The van der Waals surface area contributed by atoms with Crippen molar-refractivity contribution < 1.29 is 12.8 Å². The molecule has 2 aromatic carbocycles. The number of halogens is 1. The SMILES string of the molecule is NS(=O)(=O)CCC1CCN(c2nn(-c3ccc(F)cc3)c(=O)c3ccccc23)C1. The number of primary sulfonamides is 1. The van der Waals surface area contributed by atoms with Gasteiger partial charge in [0.15, 0.2) is 5.82 Å². The minimum Gasteiger partial charge on any atom is -0.354 e. The summed E-state index contributed by atoms with van der Waals surface area (Å²) in [7, 11) is -3.49. The number of sulfonamides is 1. The lowest BCUT2D eigenvalue weighted by atomic mass is 10.1. The Morgan fingerprint density at radius 3 is 2.48 bits per heavy atom. The van der Waals surface area contributed by atoms with E-state index in [1.807, 2.05) is 12.1 Å². The number of nitrogens with zero attached hydrogens (tertiary/aromatic N) is 3. The zero-order valence-electron chi connectivity index (χ0n) is 15.7. The van der Waals surface area contributed by atoms with Crippen LogP contribution < -0.4 is 15.6 Å². The molecule has 0 aliphatic carbocycles. The fraction of sp³-hybridized carbons (Fsp3) is 0.300. The van der Waals surface area contributed by atoms with Crippen molar-refractivity contribution in [2.45, 2.75) is 12.8 Å². The van der Waals surface area contributed by atoms with E-state index in [1.54, 1.807) is 12.1 Å². The van der Waals surface area contributed by atoms with E-state index in [9.17, 15) is 17.6 Å². The Morgan fingerprint density at radius 1 is 1.10 bits per heavy atom. The van der Waals surface area contributed by atoms with Crippen LogP contribution in [0.5, 0.6) is 0 Å². The van der Waals surface area contributed by atoms with Crippen LogP contribution in [-0.2, 0) is 10.0 Å². The molecule has 7 nitrogen and oxygen atoms in total. The predicted octanol–water partition coefficient (Wildman–Crippen LogP) is 2.03. The fourth-order valence-electron chi connectivity index (χ4n) is 3.76. The molecule has 1 saturated heterocycles. The third-order valence-electron chi connectivity index (χ3n) is 5.25. The molecule has 1 aliphatic rings. The highest BCUT2D eigenvalue weighted by molar-refractivity contribution is 7.89. The van der Waals surface area contributed by atoms with Crippen molar-refractivity contribution in [2.75, 3.05) is 23.7 Å². The van der Waals surface area contributed by atoms with Crippen molar-refractivity contribution in [2.24, 2.45) is 11.1 Å². The number of aromatic nitrogens is 2. The molecule has 1 aliphatic heterocycles. The topological polar surface area (TPSA) is 98.3 Å². The summed E-state index contributed by atoms with van der Waals surface area (Å²) in [5.41, 5.74) is 0.203. The quantitative estimate of drug-likeness (QED) is 0.686. The molecule has 0 spiro atoms. The van der Waals surface area contributed by atoms with Gasteiger partial charge in [0.2, 0.25) is 10.0 Å². The van der Waals surface area contributed by atoms with Crippen molar-refractivity contribution >= 4 is 26.6 Å². The average molecular weight is 416 g/mol. The first-order chi connectivity index (χ1) is 13.8. The average Bonchev–Trinajstić information content (AvgIpc) is 3.16. The summed E-state index contributed by atoms with van der Waals surface area (Å²) in [6, 6.07) is 12.9. The van der Waals surface area contributed by atoms with E-state index in [2.05, 4.69) is 10.00 Å². The smallest absolute Gasteiger partial charge is 0.279 e. The maximum absolute atomic E-state index is 13.3. The Bertz CT molecular complexity index is 1210. The predicted molar refractivity (Wildman–Crippen MR) is 110 cm³/mol. The lowest BCUT2D eigenvalue weighted by Gasteiger charge is -2.21. The molecule has 3 aromatic rings. The van der Waals surface area contributed by atoms with E-state index in [0.29, 0.717) is 36.4 Å². The summed E-state index contributed by atoms with van der Waals surface area (Å²) in [5, 5.41) is 11.0. The minimum atomic E-state index is -3.49. The van der Waals surface area contributed by atoms with Gasteiger partial charge in [0.25, 0.3) is 5.56 Å². The Kier molecular flexibility index (Phi) is 5.10. The van der Waals surface area contributed by atoms with Gasteiger partial charge in [-0.05, 0) is 49.1 Å². The molecule has 0 radical (unpaired) electrons. The van der Waals surface area contributed by atoms with Crippen LogP contribution in [0.4, 0.5) is 10.2 Å². The molecule has 1 aromatic heterocycles.